The number of hydrogen-bond donors (Lipinski definition) is 1. The summed E-state index contributed by atoms with van der Waals surface area (Å²) in [5, 5.41) is 6.07. The number of nitrogens with zero attached hydrogens (tertiary/aromatic N) is 2. The summed E-state index contributed by atoms with van der Waals surface area (Å²) < 4.78 is 40.6. The van der Waals surface area contributed by atoms with Gasteiger partial charge in [0.2, 0.25) is 0 Å². The van der Waals surface area contributed by atoms with Gasteiger partial charge in [-0.05, 0) is 17.9 Å². The van der Waals surface area contributed by atoms with Gasteiger partial charge in [0, 0.05) is 13.0 Å². The van der Waals surface area contributed by atoms with Crippen LogP contribution in [0, 0.1) is 0 Å². The fourth-order valence-electron chi connectivity index (χ4n) is 1.74. The molecule has 0 fully saturated rings. The normalized spacial score (nSPS) is 12.0. The Balaban J connectivity index is 2.02. The molecule has 0 aliphatic rings. The van der Waals surface area contributed by atoms with E-state index in [1.807, 2.05) is 18.4 Å². The van der Waals surface area contributed by atoms with Gasteiger partial charge in [-0.15, -0.1) is 11.3 Å². The SMILES string of the molecule is CCCNc1nc(CCOCC(F)(F)F)nc2sccc12. The fourth-order valence-corrected chi connectivity index (χ4v) is 2.52. The van der Waals surface area contributed by atoms with Gasteiger partial charge in [0.1, 0.15) is 23.1 Å². The highest BCUT2D eigenvalue weighted by Crippen LogP contribution is 2.25. The molecule has 8 heteroatoms. The number of nitrogens with one attached hydrogen (secondary N) is 1. The third-order valence-electron chi connectivity index (χ3n) is 2.65. The number of anilines is 1. The first-order valence-corrected chi connectivity index (χ1v) is 7.50. The van der Waals surface area contributed by atoms with Crippen molar-refractivity contribution in [3.63, 3.8) is 0 Å². The maximum atomic E-state index is 12.0. The second kappa shape index (κ2) is 7.04. The quantitative estimate of drug-likeness (QED) is 0.792. The third-order valence-corrected chi connectivity index (χ3v) is 3.46. The van der Waals surface area contributed by atoms with Gasteiger partial charge in [0.05, 0.1) is 12.0 Å². The van der Waals surface area contributed by atoms with Gasteiger partial charge in [-0.2, -0.15) is 13.2 Å². The molecule has 2 heterocycles. The minimum Gasteiger partial charge on any atom is -0.372 e. The van der Waals surface area contributed by atoms with Crippen LogP contribution in [0.4, 0.5) is 19.0 Å². The maximum Gasteiger partial charge on any atom is 0.411 e. The van der Waals surface area contributed by atoms with E-state index in [-0.39, 0.29) is 13.0 Å². The summed E-state index contributed by atoms with van der Waals surface area (Å²) >= 11 is 1.48. The van der Waals surface area contributed by atoms with E-state index in [0.717, 1.165) is 29.0 Å². The van der Waals surface area contributed by atoms with Gasteiger partial charge in [-0.3, -0.25) is 0 Å². The number of fused-ring (bicyclic) bond motifs is 1. The molecule has 0 bridgehead atoms. The van der Waals surface area contributed by atoms with E-state index in [1.165, 1.54) is 11.3 Å². The first-order valence-electron chi connectivity index (χ1n) is 6.62. The largest absolute Gasteiger partial charge is 0.411 e. The van der Waals surface area contributed by atoms with Crippen molar-refractivity contribution in [2.75, 3.05) is 25.1 Å². The number of hydrogen-bond acceptors (Lipinski definition) is 5. The number of rotatable bonds is 7. The van der Waals surface area contributed by atoms with Crippen LogP contribution in [0.3, 0.4) is 0 Å². The summed E-state index contributed by atoms with van der Waals surface area (Å²) in [7, 11) is 0. The Labute approximate surface area is 124 Å². The summed E-state index contributed by atoms with van der Waals surface area (Å²) in [6.45, 7) is 1.54. The van der Waals surface area contributed by atoms with Crippen molar-refractivity contribution in [1.82, 2.24) is 9.97 Å². The Morgan fingerprint density at radius 1 is 1.33 bits per heavy atom. The van der Waals surface area contributed by atoms with Gasteiger partial charge in [-0.1, -0.05) is 6.92 Å². The van der Waals surface area contributed by atoms with Crippen molar-refractivity contribution in [3.05, 3.63) is 17.3 Å². The Kier molecular flexibility index (Phi) is 5.35. The maximum absolute atomic E-state index is 12.0. The number of aromatic nitrogens is 2. The predicted octanol–water partition coefficient (Wildman–Crippen LogP) is 3.63. The molecule has 0 saturated carbocycles. The van der Waals surface area contributed by atoms with Crippen LogP contribution in [0.1, 0.15) is 19.2 Å². The summed E-state index contributed by atoms with van der Waals surface area (Å²) in [4.78, 5) is 9.54. The molecule has 0 saturated heterocycles. The molecule has 116 valence electrons. The first-order chi connectivity index (χ1) is 9.99. The van der Waals surface area contributed by atoms with Crippen molar-refractivity contribution < 1.29 is 17.9 Å². The molecule has 0 aliphatic carbocycles. The van der Waals surface area contributed by atoms with E-state index < -0.39 is 12.8 Å². The van der Waals surface area contributed by atoms with E-state index in [2.05, 4.69) is 20.0 Å². The summed E-state index contributed by atoms with van der Waals surface area (Å²) in [5.74, 6) is 1.22. The summed E-state index contributed by atoms with van der Waals surface area (Å²) in [6.07, 6.45) is -3.09. The third kappa shape index (κ3) is 4.82. The zero-order chi connectivity index (χ0) is 15.3. The lowest BCUT2D eigenvalue weighted by Gasteiger charge is -2.09. The highest BCUT2D eigenvalue weighted by molar-refractivity contribution is 7.16. The topological polar surface area (TPSA) is 47.0 Å². The van der Waals surface area contributed by atoms with E-state index in [4.69, 9.17) is 0 Å². The zero-order valence-electron chi connectivity index (χ0n) is 11.5. The minimum absolute atomic E-state index is 0.0520. The average molecular weight is 319 g/mol. The predicted molar refractivity (Wildman–Crippen MR) is 76.8 cm³/mol. The molecular formula is C13H16F3N3OS. The molecule has 0 aliphatic heterocycles. The van der Waals surface area contributed by atoms with Gasteiger partial charge < -0.3 is 10.1 Å². The number of alkyl halides is 3. The molecule has 2 aromatic rings. The van der Waals surface area contributed by atoms with E-state index in [0.29, 0.717) is 5.82 Å². The summed E-state index contributed by atoms with van der Waals surface area (Å²) in [5.41, 5.74) is 0. The molecule has 0 amide bonds. The second-order valence-corrected chi connectivity index (χ2v) is 5.37. The minimum atomic E-state index is -4.30. The molecule has 0 radical (unpaired) electrons. The van der Waals surface area contributed by atoms with Crippen molar-refractivity contribution in [3.8, 4) is 0 Å². The van der Waals surface area contributed by atoms with E-state index in [9.17, 15) is 13.2 Å². The molecular weight excluding hydrogens is 303 g/mol. The monoisotopic (exact) mass is 319 g/mol. The Morgan fingerprint density at radius 3 is 2.86 bits per heavy atom. The Hall–Kier alpha value is -1.41. The fraction of sp³-hybridized carbons (Fsp3) is 0.538. The van der Waals surface area contributed by atoms with Crippen LogP contribution in [-0.4, -0.2) is 35.9 Å². The first kappa shape index (κ1) is 16.0. The van der Waals surface area contributed by atoms with Crippen LogP contribution in [0.2, 0.25) is 0 Å². The molecule has 21 heavy (non-hydrogen) atoms. The highest BCUT2D eigenvalue weighted by atomic mass is 32.1. The lowest BCUT2D eigenvalue weighted by atomic mass is 10.3. The van der Waals surface area contributed by atoms with E-state index in [1.54, 1.807) is 0 Å². The van der Waals surface area contributed by atoms with Crippen LogP contribution in [0.15, 0.2) is 11.4 Å². The zero-order valence-corrected chi connectivity index (χ0v) is 12.4. The van der Waals surface area contributed by atoms with Gasteiger partial charge in [-0.25, -0.2) is 9.97 Å². The highest BCUT2D eigenvalue weighted by Gasteiger charge is 2.27. The van der Waals surface area contributed by atoms with E-state index >= 15 is 0 Å². The lowest BCUT2D eigenvalue weighted by molar-refractivity contribution is -0.173. The molecule has 0 aromatic carbocycles. The Bertz CT molecular complexity index is 586. The van der Waals surface area contributed by atoms with Crippen LogP contribution < -0.4 is 5.32 Å². The van der Waals surface area contributed by atoms with Crippen LogP contribution in [0.25, 0.3) is 10.2 Å². The average Bonchev–Trinajstić information content (AvgIpc) is 2.88. The molecule has 2 aromatic heterocycles. The van der Waals surface area contributed by atoms with Crippen LogP contribution >= 0.6 is 11.3 Å². The van der Waals surface area contributed by atoms with Gasteiger partial charge in [0.15, 0.2) is 0 Å². The summed E-state index contributed by atoms with van der Waals surface area (Å²) in [6, 6.07) is 1.93. The molecule has 2 rings (SSSR count). The van der Waals surface area contributed by atoms with Crippen molar-refractivity contribution in [2.45, 2.75) is 25.9 Å². The standard InChI is InChI=1S/C13H16F3N3OS/c1-2-5-17-11-9-4-7-21-12(9)19-10(18-11)3-6-20-8-13(14,15)16/h4,7H,2-3,5-6,8H2,1H3,(H,17,18,19). The molecule has 4 nitrogen and oxygen atoms in total. The van der Waals surface area contributed by atoms with Gasteiger partial charge >= 0.3 is 6.18 Å². The number of ether oxygens (including phenoxy) is 1. The second-order valence-electron chi connectivity index (χ2n) is 4.47. The van der Waals surface area contributed by atoms with Crippen LogP contribution in [0.5, 0.6) is 0 Å². The molecule has 0 spiro atoms. The molecule has 1 N–H and O–H groups in total. The number of thiophene rings is 1. The van der Waals surface area contributed by atoms with Crippen molar-refractivity contribution >= 4 is 27.4 Å². The molecule has 0 atom stereocenters. The van der Waals surface area contributed by atoms with Crippen LogP contribution in [-0.2, 0) is 11.2 Å². The smallest absolute Gasteiger partial charge is 0.372 e. The Morgan fingerprint density at radius 2 is 2.14 bits per heavy atom. The molecule has 0 unspecified atom stereocenters. The number of halogens is 3. The lowest BCUT2D eigenvalue weighted by Crippen LogP contribution is -2.18. The van der Waals surface area contributed by atoms with Crippen molar-refractivity contribution in [1.29, 1.82) is 0 Å². The van der Waals surface area contributed by atoms with Crippen molar-refractivity contribution in [2.24, 2.45) is 0 Å². The van der Waals surface area contributed by atoms with Gasteiger partial charge in [0.25, 0.3) is 0 Å².